The molecule has 0 amide bonds. The van der Waals surface area contributed by atoms with E-state index in [2.05, 4.69) is 19.5 Å². The SMILES string of the molecule is Cn1c(C2CC2)nc2cc3ncoc3nc21. The monoisotopic (exact) mass is 214 g/mol. The highest BCUT2D eigenvalue weighted by Crippen LogP contribution is 2.40. The molecule has 1 saturated carbocycles. The second kappa shape index (κ2) is 2.61. The van der Waals surface area contributed by atoms with Crippen molar-refractivity contribution in [2.45, 2.75) is 18.8 Å². The summed E-state index contributed by atoms with van der Waals surface area (Å²) in [6.45, 7) is 0. The van der Waals surface area contributed by atoms with Gasteiger partial charge in [-0.2, -0.15) is 4.98 Å². The maximum absolute atomic E-state index is 5.20. The zero-order chi connectivity index (χ0) is 10.7. The van der Waals surface area contributed by atoms with Crippen molar-refractivity contribution in [3.8, 4) is 0 Å². The lowest BCUT2D eigenvalue weighted by atomic mass is 10.4. The lowest BCUT2D eigenvalue weighted by Gasteiger charge is -1.97. The summed E-state index contributed by atoms with van der Waals surface area (Å²) in [6, 6.07) is 1.94. The number of rotatable bonds is 1. The van der Waals surface area contributed by atoms with Crippen molar-refractivity contribution >= 4 is 22.4 Å². The van der Waals surface area contributed by atoms with E-state index in [1.54, 1.807) is 0 Å². The van der Waals surface area contributed by atoms with Gasteiger partial charge in [-0.15, -0.1) is 0 Å². The molecule has 0 spiro atoms. The molecule has 3 aromatic heterocycles. The molecule has 0 radical (unpaired) electrons. The quantitative estimate of drug-likeness (QED) is 0.621. The maximum Gasteiger partial charge on any atom is 0.248 e. The number of aromatic nitrogens is 4. The smallest absolute Gasteiger partial charge is 0.248 e. The Labute approximate surface area is 91.1 Å². The highest BCUT2D eigenvalue weighted by atomic mass is 16.3. The van der Waals surface area contributed by atoms with Crippen molar-refractivity contribution in [1.82, 2.24) is 19.5 Å². The molecule has 5 nitrogen and oxygen atoms in total. The number of aryl methyl sites for hydroxylation is 1. The standard InChI is InChI=1S/C11H10N4O/c1-15-9(6-2-3-6)13-7-4-8-11(14-10(7)15)16-5-12-8/h4-6H,2-3H2,1H3. The molecular weight excluding hydrogens is 204 g/mol. The van der Waals surface area contributed by atoms with Crippen LogP contribution in [0, 0.1) is 0 Å². The molecule has 3 heterocycles. The van der Waals surface area contributed by atoms with Gasteiger partial charge in [-0.25, -0.2) is 9.97 Å². The number of hydrogen-bond acceptors (Lipinski definition) is 4. The van der Waals surface area contributed by atoms with Gasteiger partial charge in [-0.1, -0.05) is 0 Å². The summed E-state index contributed by atoms with van der Waals surface area (Å²) in [5, 5.41) is 0. The molecule has 0 aliphatic heterocycles. The van der Waals surface area contributed by atoms with Crippen LogP contribution in [0.15, 0.2) is 16.9 Å². The second-order valence-corrected chi connectivity index (χ2v) is 4.31. The molecule has 5 heteroatoms. The Bertz CT molecular complexity index is 692. The summed E-state index contributed by atoms with van der Waals surface area (Å²) in [4.78, 5) is 13.2. The number of pyridine rings is 1. The van der Waals surface area contributed by atoms with Gasteiger partial charge in [0.2, 0.25) is 5.71 Å². The molecule has 1 aliphatic carbocycles. The topological polar surface area (TPSA) is 56.7 Å². The van der Waals surface area contributed by atoms with Gasteiger partial charge in [0.15, 0.2) is 12.0 Å². The van der Waals surface area contributed by atoms with Crippen LogP contribution in [0.25, 0.3) is 22.4 Å². The van der Waals surface area contributed by atoms with Gasteiger partial charge in [0, 0.05) is 13.0 Å². The summed E-state index contributed by atoms with van der Waals surface area (Å²) in [7, 11) is 2.01. The fourth-order valence-electron chi connectivity index (χ4n) is 2.12. The largest absolute Gasteiger partial charge is 0.425 e. The van der Waals surface area contributed by atoms with E-state index in [4.69, 9.17) is 4.42 Å². The van der Waals surface area contributed by atoms with Crippen molar-refractivity contribution in [1.29, 1.82) is 0 Å². The molecule has 0 saturated heterocycles. The average molecular weight is 214 g/mol. The molecule has 0 aromatic carbocycles. The minimum atomic E-state index is 0.581. The fourth-order valence-corrected chi connectivity index (χ4v) is 2.12. The van der Waals surface area contributed by atoms with Gasteiger partial charge in [0.25, 0.3) is 0 Å². The van der Waals surface area contributed by atoms with Gasteiger partial charge in [-0.05, 0) is 18.9 Å². The van der Waals surface area contributed by atoms with Crippen LogP contribution < -0.4 is 0 Å². The van der Waals surface area contributed by atoms with E-state index in [1.807, 2.05) is 13.1 Å². The van der Waals surface area contributed by atoms with E-state index in [-0.39, 0.29) is 0 Å². The van der Waals surface area contributed by atoms with Crippen LogP contribution in [0.4, 0.5) is 0 Å². The normalized spacial score (nSPS) is 16.3. The Morgan fingerprint density at radius 1 is 1.31 bits per heavy atom. The first kappa shape index (κ1) is 8.27. The fraction of sp³-hybridized carbons (Fsp3) is 0.364. The minimum absolute atomic E-state index is 0.581. The number of imidazole rings is 1. The van der Waals surface area contributed by atoms with Crippen LogP contribution in [0.1, 0.15) is 24.6 Å². The number of nitrogens with zero attached hydrogens (tertiary/aromatic N) is 4. The Kier molecular flexibility index (Phi) is 1.35. The van der Waals surface area contributed by atoms with Crippen molar-refractivity contribution in [2.24, 2.45) is 7.05 Å². The van der Waals surface area contributed by atoms with Crippen LogP contribution in [0.2, 0.25) is 0 Å². The first-order valence-corrected chi connectivity index (χ1v) is 5.39. The van der Waals surface area contributed by atoms with Crippen LogP contribution >= 0.6 is 0 Å². The van der Waals surface area contributed by atoms with Crippen molar-refractivity contribution in [2.75, 3.05) is 0 Å². The van der Waals surface area contributed by atoms with Crippen LogP contribution in [0.3, 0.4) is 0 Å². The molecular formula is C11H10N4O. The third kappa shape index (κ3) is 0.973. The van der Waals surface area contributed by atoms with E-state index in [1.165, 1.54) is 19.2 Å². The molecule has 0 N–H and O–H groups in total. The summed E-state index contributed by atoms with van der Waals surface area (Å²) < 4.78 is 7.27. The van der Waals surface area contributed by atoms with Gasteiger partial charge in [-0.3, -0.25) is 0 Å². The number of oxazole rings is 1. The highest BCUT2D eigenvalue weighted by molar-refractivity contribution is 5.84. The van der Waals surface area contributed by atoms with Crippen LogP contribution in [0.5, 0.6) is 0 Å². The van der Waals surface area contributed by atoms with E-state index in [0.717, 1.165) is 22.5 Å². The Hall–Kier alpha value is -1.91. The van der Waals surface area contributed by atoms with Crippen molar-refractivity contribution in [3.63, 3.8) is 0 Å². The molecule has 80 valence electrons. The van der Waals surface area contributed by atoms with E-state index < -0.39 is 0 Å². The van der Waals surface area contributed by atoms with Gasteiger partial charge in [0.05, 0.1) is 0 Å². The van der Waals surface area contributed by atoms with Crippen LogP contribution in [-0.2, 0) is 7.05 Å². The predicted octanol–water partition coefficient (Wildman–Crippen LogP) is 1.99. The van der Waals surface area contributed by atoms with Gasteiger partial charge < -0.3 is 8.98 Å². The number of hydrogen-bond donors (Lipinski definition) is 0. The van der Waals surface area contributed by atoms with E-state index >= 15 is 0 Å². The average Bonchev–Trinajstić information content (AvgIpc) is 2.95. The first-order chi connectivity index (χ1) is 7.83. The summed E-state index contributed by atoms with van der Waals surface area (Å²) in [5.74, 6) is 1.76. The lowest BCUT2D eigenvalue weighted by Crippen LogP contribution is -1.96. The third-order valence-corrected chi connectivity index (χ3v) is 3.12. The Morgan fingerprint density at radius 3 is 3.00 bits per heavy atom. The molecule has 4 rings (SSSR count). The Balaban J connectivity index is 2.10. The molecule has 0 unspecified atom stereocenters. The molecule has 0 atom stereocenters. The number of fused-ring (bicyclic) bond motifs is 2. The van der Waals surface area contributed by atoms with E-state index in [0.29, 0.717) is 11.6 Å². The lowest BCUT2D eigenvalue weighted by molar-refractivity contribution is 0.591. The van der Waals surface area contributed by atoms with Crippen molar-refractivity contribution in [3.05, 3.63) is 18.3 Å². The second-order valence-electron chi connectivity index (χ2n) is 4.31. The predicted molar refractivity (Wildman–Crippen MR) is 58.1 cm³/mol. The molecule has 0 bridgehead atoms. The van der Waals surface area contributed by atoms with Crippen molar-refractivity contribution < 1.29 is 4.42 Å². The molecule has 1 fully saturated rings. The Morgan fingerprint density at radius 2 is 2.19 bits per heavy atom. The van der Waals surface area contributed by atoms with Crippen LogP contribution in [-0.4, -0.2) is 19.5 Å². The summed E-state index contributed by atoms with van der Waals surface area (Å²) in [6.07, 6.45) is 3.90. The minimum Gasteiger partial charge on any atom is -0.425 e. The zero-order valence-electron chi connectivity index (χ0n) is 8.84. The van der Waals surface area contributed by atoms with Gasteiger partial charge >= 0.3 is 0 Å². The molecule has 3 aromatic rings. The first-order valence-electron chi connectivity index (χ1n) is 5.39. The zero-order valence-corrected chi connectivity index (χ0v) is 8.84. The van der Waals surface area contributed by atoms with Gasteiger partial charge in [0.1, 0.15) is 16.9 Å². The molecule has 1 aliphatic rings. The maximum atomic E-state index is 5.20. The summed E-state index contributed by atoms with van der Waals surface area (Å²) >= 11 is 0. The van der Waals surface area contributed by atoms with E-state index in [9.17, 15) is 0 Å². The molecule has 16 heavy (non-hydrogen) atoms. The third-order valence-electron chi connectivity index (χ3n) is 3.12. The highest BCUT2D eigenvalue weighted by Gasteiger charge is 2.29. The summed E-state index contributed by atoms with van der Waals surface area (Å²) in [5.41, 5.74) is 3.14.